The lowest BCUT2D eigenvalue weighted by molar-refractivity contribution is 0.0939. The number of benzene rings is 2. The van der Waals surface area contributed by atoms with Gasteiger partial charge in [-0.3, -0.25) is 4.79 Å². The van der Waals surface area contributed by atoms with Crippen LogP contribution in [0, 0.1) is 0 Å². The first kappa shape index (κ1) is 22.7. The van der Waals surface area contributed by atoms with Gasteiger partial charge in [0, 0.05) is 36.2 Å². The fourth-order valence-corrected chi connectivity index (χ4v) is 3.73. The molecule has 0 aromatic heterocycles. The average molecular weight is 423 g/mol. The van der Waals surface area contributed by atoms with Gasteiger partial charge in [-0.2, -0.15) is 0 Å². The van der Waals surface area contributed by atoms with Crippen molar-refractivity contribution in [3.63, 3.8) is 0 Å². The summed E-state index contributed by atoms with van der Waals surface area (Å²) in [4.78, 5) is 27.8. The zero-order chi connectivity index (χ0) is 22.2. The number of carbonyl (C=O) groups excluding carboxylic acids is 2. The highest BCUT2D eigenvalue weighted by molar-refractivity contribution is 6.04. The summed E-state index contributed by atoms with van der Waals surface area (Å²) in [5, 5.41) is 8.77. The molecule has 6 heteroatoms. The minimum Gasteiger partial charge on any atom is -0.371 e. The van der Waals surface area contributed by atoms with Gasteiger partial charge in [0.15, 0.2) is 0 Å². The van der Waals surface area contributed by atoms with Crippen LogP contribution in [0.3, 0.4) is 0 Å². The Bertz CT molecular complexity index is 889. The van der Waals surface area contributed by atoms with Gasteiger partial charge >= 0.3 is 6.03 Å². The number of rotatable bonds is 7. The first-order valence-electron chi connectivity index (χ1n) is 11.4. The molecule has 1 heterocycles. The van der Waals surface area contributed by atoms with E-state index in [0.717, 1.165) is 50.1 Å². The van der Waals surface area contributed by atoms with Crippen molar-refractivity contribution < 1.29 is 9.59 Å². The predicted octanol–water partition coefficient (Wildman–Crippen LogP) is 5.41. The number of hydrogen-bond donors (Lipinski definition) is 3. The minimum atomic E-state index is -0.330. The maximum Gasteiger partial charge on any atom is 0.323 e. The Balaban J connectivity index is 1.77. The van der Waals surface area contributed by atoms with Crippen LogP contribution >= 0.6 is 0 Å². The highest BCUT2D eigenvalue weighted by Gasteiger charge is 2.20. The Hall–Kier alpha value is -3.02. The number of amides is 3. The Morgan fingerprint density at radius 1 is 0.935 bits per heavy atom. The maximum absolute atomic E-state index is 13.0. The topological polar surface area (TPSA) is 73.5 Å². The molecule has 166 valence electrons. The number of piperidine rings is 1. The van der Waals surface area contributed by atoms with Crippen LogP contribution in [0.4, 0.5) is 21.9 Å². The van der Waals surface area contributed by atoms with Crippen molar-refractivity contribution in [2.75, 3.05) is 28.6 Å². The molecule has 3 amide bonds. The van der Waals surface area contributed by atoms with E-state index in [0.29, 0.717) is 11.3 Å². The molecule has 1 aliphatic rings. The summed E-state index contributed by atoms with van der Waals surface area (Å²) >= 11 is 0. The van der Waals surface area contributed by atoms with E-state index in [1.807, 2.05) is 50.2 Å². The van der Waals surface area contributed by atoms with E-state index in [2.05, 4.69) is 27.8 Å². The van der Waals surface area contributed by atoms with E-state index >= 15 is 0 Å². The van der Waals surface area contributed by atoms with Crippen molar-refractivity contribution >= 4 is 29.0 Å². The number of anilines is 3. The number of urea groups is 1. The van der Waals surface area contributed by atoms with Crippen molar-refractivity contribution in [1.29, 1.82) is 0 Å². The third kappa shape index (κ3) is 6.23. The lowest BCUT2D eigenvalue weighted by Crippen LogP contribution is -2.35. The van der Waals surface area contributed by atoms with E-state index < -0.39 is 0 Å². The Morgan fingerprint density at radius 2 is 1.58 bits per heavy atom. The van der Waals surface area contributed by atoms with Crippen LogP contribution < -0.4 is 20.9 Å². The third-order valence-corrected chi connectivity index (χ3v) is 5.81. The molecule has 0 bridgehead atoms. The second kappa shape index (κ2) is 10.8. The molecule has 1 atom stereocenters. The molecule has 2 aromatic rings. The van der Waals surface area contributed by atoms with Crippen LogP contribution in [-0.4, -0.2) is 31.1 Å². The molecule has 2 aromatic carbocycles. The van der Waals surface area contributed by atoms with Crippen molar-refractivity contribution in [3.8, 4) is 0 Å². The third-order valence-electron chi connectivity index (χ3n) is 5.81. The summed E-state index contributed by atoms with van der Waals surface area (Å²) < 4.78 is 0. The summed E-state index contributed by atoms with van der Waals surface area (Å²) in [6.07, 6.45) is 5.31. The molecule has 3 N–H and O–H groups in total. The van der Waals surface area contributed by atoms with Crippen molar-refractivity contribution in [1.82, 2.24) is 5.32 Å². The molecule has 1 fully saturated rings. The standard InChI is InChI=1S/C25H34N4O2/c1-4-18(3)26-24(30)22-17-21(13-14-23(22)29-15-7-6-8-16-29)28-25(31)27-20-11-9-19(5-2)10-12-20/h9-14,17-18H,4-8,15-16H2,1-3H3,(H,26,30)(H2,27,28,31)/t18-/m1/s1. The van der Waals surface area contributed by atoms with Crippen LogP contribution in [0.1, 0.15) is 62.4 Å². The van der Waals surface area contributed by atoms with Gasteiger partial charge < -0.3 is 20.9 Å². The lowest BCUT2D eigenvalue weighted by Gasteiger charge is -2.31. The molecule has 0 aliphatic carbocycles. The van der Waals surface area contributed by atoms with Crippen LogP contribution in [0.2, 0.25) is 0 Å². The van der Waals surface area contributed by atoms with Gasteiger partial charge in [0.25, 0.3) is 5.91 Å². The molecule has 0 radical (unpaired) electrons. The highest BCUT2D eigenvalue weighted by atomic mass is 16.2. The van der Waals surface area contributed by atoms with Crippen molar-refractivity contribution in [3.05, 3.63) is 53.6 Å². The molecular formula is C25H34N4O2. The van der Waals surface area contributed by atoms with Gasteiger partial charge in [-0.1, -0.05) is 26.0 Å². The van der Waals surface area contributed by atoms with Crippen LogP contribution in [0.5, 0.6) is 0 Å². The van der Waals surface area contributed by atoms with E-state index in [-0.39, 0.29) is 18.0 Å². The fraction of sp³-hybridized carbons (Fsp3) is 0.440. The molecular weight excluding hydrogens is 388 g/mol. The monoisotopic (exact) mass is 422 g/mol. The van der Waals surface area contributed by atoms with E-state index in [4.69, 9.17) is 0 Å². The normalized spacial score (nSPS) is 14.6. The number of nitrogens with zero attached hydrogens (tertiary/aromatic N) is 1. The summed E-state index contributed by atoms with van der Waals surface area (Å²) in [7, 11) is 0. The van der Waals surface area contributed by atoms with E-state index in [9.17, 15) is 9.59 Å². The number of carbonyl (C=O) groups is 2. The quantitative estimate of drug-likeness (QED) is 0.558. The fourth-order valence-electron chi connectivity index (χ4n) is 3.73. The zero-order valence-electron chi connectivity index (χ0n) is 18.8. The average Bonchev–Trinajstić information content (AvgIpc) is 2.80. The molecule has 31 heavy (non-hydrogen) atoms. The summed E-state index contributed by atoms with van der Waals surface area (Å²) in [6, 6.07) is 13.1. The number of aryl methyl sites for hydroxylation is 1. The zero-order valence-corrected chi connectivity index (χ0v) is 18.8. The van der Waals surface area contributed by atoms with E-state index in [1.165, 1.54) is 12.0 Å². The number of nitrogens with one attached hydrogen (secondary N) is 3. The van der Waals surface area contributed by atoms with Crippen LogP contribution in [0.15, 0.2) is 42.5 Å². The summed E-state index contributed by atoms with van der Waals surface area (Å²) in [5.41, 5.74) is 4.08. The molecule has 6 nitrogen and oxygen atoms in total. The van der Waals surface area contributed by atoms with Gasteiger partial charge in [0.05, 0.1) is 5.56 Å². The predicted molar refractivity (Wildman–Crippen MR) is 128 cm³/mol. The van der Waals surface area contributed by atoms with Gasteiger partial charge in [0.1, 0.15) is 0 Å². The molecule has 1 aliphatic heterocycles. The SMILES string of the molecule is CCc1ccc(NC(=O)Nc2ccc(N3CCCCC3)c(C(=O)N[C@H](C)CC)c2)cc1. The Labute approximate surface area is 185 Å². The van der Waals surface area contributed by atoms with Gasteiger partial charge in [-0.15, -0.1) is 0 Å². The smallest absolute Gasteiger partial charge is 0.323 e. The lowest BCUT2D eigenvalue weighted by atomic mass is 10.1. The minimum absolute atomic E-state index is 0.0905. The Kier molecular flexibility index (Phi) is 7.93. The molecule has 0 saturated carbocycles. The summed E-state index contributed by atoms with van der Waals surface area (Å²) in [5.74, 6) is -0.103. The highest BCUT2D eigenvalue weighted by Crippen LogP contribution is 2.27. The largest absolute Gasteiger partial charge is 0.371 e. The molecule has 3 rings (SSSR count). The Morgan fingerprint density at radius 3 is 2.23 bits per heavy atom. The van der Waals surface area contributed by atoms with Crippen LogP contribution in [0.25, 0.3) is 0 Å². The van der Waals surface area contributed by atoms with Crippen molar-refractivity contribution in [2.24, 2.45) is 0 Å². The molecule has 1 saturated heterocycles. The second-order valence-electron chi connectivity index (χ2n) is 8.19. The first-order valence-corrected chi connectivity index (χ1v) is 11.4. The molecule has 0 spiro atoms. The summed E-state index contributed by atoms with van der Waals surface area (Å²) in [6.45, 7) is 8.04. The van der Waals surface area contributed by atoms with E-state index in [1.54, 1.807) is 6.07 Å². The van der Waals surface area contributed by atoms with Gasteiger partial charge in [0.2, 0.25) is 0 Å². The number of hydrogen-bond acceptors (Lipinski definition) is 3. The molecule has 0 unspecified atom stereocenters. The van der Waals surface area contributed by atoms with Gasteiger partial charge in [-0.25, -0.2) is 4.79 Å². The first-order chi connectivity index (χ1) is 15.0. The maximum atomic E-state index is 13.0. The van der Waals surface area contributed by atoms with Crippen molar-refractivity contribution in [2.45, 2.75) is 58.9 Å². The second-order valence-corrected chi connectivity index (χ2v) is 8.19. The van der Waals surface area contributed by atoms with Gasteiger partial charge in [-0.05, 0) is 74.9 Å². The van der Waals surface area contributed by atoms with Crippen LogP contribution in [-0.2, 0) is 6.42 Å².